The monoisotopic (exact) mass is 360 g/mol. The fourth-order valence-electron chi connectivity index (χ4n) is 3.12. The number of benzene rings is 1. The molecule has 26 heavy (non-hydrogen) atoms. The van der Waals surface area contributed by atoms with Gasteiger partial charge in [0.05, 0.1) is 13.2 Å². The molecular formula is C21H36N4O. The van der Waals surface area contributed by atoms with Gasteiger partial charge < -0.3 is 15.4 Å². The first-order valence-electron chi connectivity index (χ1n) is 9.92. The maximum atomic E-state index is 5.43. The Morgan fingerprint density at radius 3 is 2.58 bits per heavy atom. The molecule has 1 fully saturated rings. The average Bonchev–Trinajstić information content (AvgIpc) is 2.64. The average molecular weight is 361 g/mol. The molecule has 1 aromatic rings. The summed E-state index contributed by atoms with van der Waals surface area (Å²) in [5.41, 5.74) is 2.65. The molecule has 0 bridgehead atoms. The molecule has 2 rings (SSSR count). The van der Waals surface area contributed by atoms with Crippen molar-refractivity contribution in [1.29, 1.82) is 0 Å². The Labute approximate surface area is 159 Å². The molecular weight excluding hydrogens is 324 g/mol. The lowest BCUT2D eigenvalue weighted by Gasteiger charge is -2.26. The zero-order chi connectivity index (χ0) is 18.8. The highest BCUT2D eigenvalue weighted by Crippen LogP contribution is 2.10. The molecule has 1 heterocycles. The summed E-state index contributed by atoms with van der Waals surface area (Å²) in [5.74, 6) is 1.61. The molecule has 0 spiro atoms. The summed E-state index contributed by atoms with van der Waals surface area (Å²) < 4.78 is 5.43. The molecule has 0 aromatic heterocycles. The molecule has 1 unspecified atom stereocenters. The maximum Gasteiger partial charge on any atom is 0.191 e. The van der Waals surface area contributed by atoms with Gasteiger partial charge in [0.15, 0.2) is 5.96 Å². The quantitative estimate of drug-likeness (QED) is 0.553. The van der Waals surface area contributed by atoms with Crippen LogP contribution in [0.5, 0.6) is 0 Å². The van der Waals surface area contributed by atoms with Gasteiger partial charge in [-0.1, -0.05) is 38.1 Å². The SMILES string of the molecule is CN=C(NCc1cccc(CN2CCOCC2)c1)NC(C)CCC(C)C. The highest BCUT2D eigenvalue weighted by Gasteiger charge is 2.11. The smallest absolute Gasteiger partial charge is 0.191 e. The fourth-order valence-corrected chi connectivity index (χ4v) is 3.12. The van der Waals surface area contributed by atoms with E-state index in [2.05, 4.69) is 65.6 Å². The van der Waals surface area contributed by atoms with E-state index >= 15 is 0 Å². The van der Waals surface area contributed by atoms with Crippen LogP contribution in [0.1, 0.15) is 44.7 Å². The van der Waals surface area contributed by atoms with Crippen LogP contribution in [0.4, 0.5) is 0 Å². The number of guanidine groups is 1. The number of aliphatic imine (C=N–C) groups is 1. The fraction of sp³-hybridized carbons (Fsp3) is 0.667. The van der Waals surface area contributed by atoms with Crippen molar-refractivity contribution in [2.45, 2.75) is 52.7 Å². The van der Waals surface area contributed by atoms with Crippen LogP contribution in [0.15, 0.2) is 29.3 Å². The van der Waals surface area contributed by atoms with Crippen molar-refractivity contribution in [2.75, 3.05) is 33.4 Å². The predicted octanol–water partition coefficient (Wildman–Crippen LogP) is 3.01. The van der Waals surface area contributed by atoms with Gasteiger partial charge in [0, 0.05) is 39.3 Å². The van der Waals surface area contributed by atoms with Gasteiger partial charge in [-0.2, -0.15) is 0 Å². The van der Waals surface area contributed by atoms with E-state index in [4.69, 9.17) is 4.74 Å². The Bertz CT molecular complexity index is 553. The summed E-state index contributed by atoms with van der Waals surface area (Å²) in [5, 5.41) is 6.93. The van der Waals surface area contributed by atoms with Gasteiger partial charge in [-0.05, 0) is 36.8 Å². The summed E-state index contributed by atoms with van der Waals surface area (Å²) in [6.07, 6.45) is 2.39. The van der Waals surface area contributed by atoms with Crippen molar-refractivity contribution in [2.24, 2.45) is 10.9 Å². The lowest BCUT2D eigenvalue weighted by molar-refractivity contribution is 0.0342. The molecule has 5 nitrogen and oxygen atoms in total. The van der Waals surface area contributed by atoms with Gasteiger partial charge >= 0.3 is 0 Å². The van der Waals surface area contributed by atoms with Crippen molar-refractivity contribution in [1.82, 2.24) is 15.5 Å². The van der Waals surface area contributed by atoms with Crippen LogP contribution in [-0.4, -0.2) is 50.3 Å². The number of ether oxygens (including phenoxy) is 1. The molecule has 1 aliphatic heterocycles. The van der Waals surface area contributed by atoms with Crippen LogP contribution >= 0.6 is 0 Å². The third kappa shape index (κ3) is 7.75. The second-order valence-corrected chi connectivity index (χ2v) is 7.65. The number of hydrogen-bond donors (Lipinski definition) is 2. The molecule has 0 radical (unpaired) electrons. The summed E-state index contributed by atoms with van der Waals surface area (Å²) in [7, 11) is 1.83. The molecule has 1 atom stereocenters. The number of nitrogens with one attached hydrogen (secondary N) is 2. The summed E-state index contributed by atoms with van der Waals surface area (Å²) in [4.78, 5) is 6.81. The number of nitrogens with zero attached hydrogens (tertiary/aromatic N) is 2. The number of rotatable bonds is 8. The molecule has 0 aliphatic carbocycles. The van der Waals surface area contributed by atoms with E-state index in [1.807, 2.05) is 7.05 Å². The second kappa shape index (κ2) is 11.2. The lowest BCUT2D eigenvalue weighted by Crippen LogP contribution is -2.42. The maximum absolute atomic E-state index is 5.43. The van der Waals surface area contributed by atoms with E-state index in [0.29, 0.717) is 6.04 Å². The first-order valence-corrected chi connectivity index (χ1v) is 9.92. The van der Waals surface area contributed by atoms with E-state index < -0.39 is 0 Å². The number of hydrogen-bond acceptors (Lipinski definition) is 3. The van der Waals surface area contributed by atoms with Crippen LogP contribution in [0.3, 0.4) is 0 Å². The number of morpholine rings is 1. The predicted molar refractivity (Wildman–Crippen MR) is 109 cm³/mol. The van der Waals surface area contributed by atoms with E-state index in [9.17, 15) is 0 Å². The van der Waals surface area contributed by atoms with Gasteiger partial charge in [-0.25, -0.2) is 0 Å². The van der Waals surface area contributed by atoms with Crippen LogP contribution in [0, 0.1) is 5.92 Å². The van der Waals surface area contributed by atoms with Gasteiger partial charge in [0.25, 0.3) is 0 Å². The van der Waals surface area contributed by atoms with Crippen molar-refractivity contribution >= 4 is 5.96 Å². The minimum absolute atomic E-state index is 0.427. The molecule has 0 amide bonds. The normalized spacial score (nSPS) is 17.3. The third-order valence-corrected chi connectivity index (χ3v) is 4.74. The molecule has 1 saturated heterocycles. The van der Waals surface area contributed by atoms with E-state index in [1.165, 1.54) is 17.5 Å². The van der Waals surface area contributed by atoms with Crippen molar-refractivity contribution in [3.8, 4) is 0 Å². The van der Waals surface area contributed by atoms with Crippen molar-refractivity contribution in [3.05, 3.63) is 35.4 Å². The highest BCUT2D eigenvalue weighted by atomic mass is 16.5. The second-order valence-electron chi connectivity index (χ2n) is 7.65. The van der Waals surface area contributed by atoms with Crippen LogP contribution in [-0.2, 0) is 17.8 Å². The summed E-state index contributed by atoms with van der Waals surface area (Å²) in [6.45, 7) is 12.3. The van der Waals surface area contributed by atoms with Crippen LogP contribution in [0.25, 0.3) is 0 Å². The zero-order valence-electron chi connectivity index (χ0n) is 16.9. The minimum atomic E-state index is 0.427. The zero-order valence-corrected chi connectivity index (χ0v) is 16.9. The molecule has 1 aromatic carbocycles. The Hall–Kier alpha value is -1.59. The largest absolute Gasteiger partial charge is 0.379 e. The highest BCUT2D eigenvalue weighted by molar-refractivity contribution is 5.79. The first kappa shape index (κ1) is 20.7. The molecule has 0 saturated carbocycles. The molecule has 5 heteroatoms. The topological polar surface area (TPSA) is 48.9 Å². The standard InChI is InChI=1S/C21H36N4O/c1-17(2)8-9-18(3)24-21(22-4)23-15-19-6-5-7-20(14-19)16-25-10-12-26-13-11-25/h5-7,14,17-18H,8-13,15-16H2,1-4H3,(H2,22,23,24). The summed E-state index contributed by atoms with van der Waals surface area (Å²) in [6, 6.07) is 9.24. The van der Waals surface area contributed by atoms with Gasteiger partial charge in [-0.3, -0.25) is 9.89 Å². The Morgan fingerprint density at radius 1 is 1.15 bits per heavy atom. The Morgan fingerprint density at radius 2 is 1.88 bits per heavy atom. The van der Waals surface area contributed by atoms with Crippen LogP contribution < -0.4 is 10.6 Å². The lowest BCUT2D eigenvalue weighted by atomic mass is 10.0. The van der Waals surface area contributed by atoms with E-state index in [0.717, 1.165) is 57.7 Å². The minimum Gasteiger partial charge on any atom is -0.379 e. The van der Waals surface area contributed by atoms with Crippen molar-refractivity contribution < 1.29 is 4.74 Å². The molecule has 1 aliphatic rings. The third-order valence-electron chi connectivity index (χ3n) is 4.74. The van der Waals surface area contributed by atoms with Gasteiger partial charge in [0.2, 0.25) is 0 Å². The summed E-state index contributed by atoms with van der Waals surface area (Å²) >= 11 is 0. The van der Waals surface area contributed by atoms with Gasteiger partial charge in [-0.15, -0.1) is 0 Å². The van der Waals surface area contributed by atoms with E-state index in [-0.39, 0.29) is 0 Å². The Balaban J connectivity index is 1.80. The molecule has 146 valence electrons. The van der Waals surface area contributed by atoms with Crippen LogP contribution in [0.2, 0.25) is 0 Å². The van der Waals surface area contributed by atoms with Crippen molar-refractivity contribution in [3.63, 3.8) is 0 Å². The first-order chi connectivity index (χ1) is 12.6. The van der Waals surface area contributed by atoms with E-state index in [1.54, 1.807) is 0 Å². The Kier molecular flexibility index (Phi) is 8.92. The molecule has 2 N–H and O–H groups in total. The van der Waals surface area contributed by atoms with Gasteiger partial charge in [0.1, 0.15) is 0 Å².